The van der Waals surface area contributed by atoms with Gasteiger partial charge in [0.05, 0.1) is 22.4 Å². The first-order chi connectivity index (χ1) is 20.7. The molecule has 4 rings (SSSR count). The Morgan fingerprint density at radius 2 is 1.05 bits per heavy atom. The second kappa shape index (κ2) is 17.1. The number of hydrogen-bond acceptors (Lipinski definition) is 5. The van der Waals surface area contributed by atoms with Crippen LogP contribution in [0.25, 0.3) is 34.0 Å². The van der Waals surface area contributed by atoms with Gasteiger partial charge in [-0.3, -0.25) is 0 Å². The molecule has 2 aromatic heterocycles. The van der Waals surface area contributed by atoms with E-state index in [1.807, 2.05) is 60.7 Å². The first kappa shape index (κ1) is 31.0. The summed E-state index contributed by atoms with van der Waals surface area (Å²) >= 11 is 0. The van der Waals surface area contributed by atoms with E-state index in [2.05, 4.69) is 26.0 Å². The molecule has 0 atom stereocenters. The van der Waals surface area contributed by atoms with Crippen LogP contribution in [0.1, 0.15) is 102 Å². The average Bonchev–Trinajstić information content (AvgIpc) is 3.00. The summed E-state index contributed by atoms with van der Waals surface area (Å²) in [5, 5.41) is 1.52. The summed E-state index contributed by atoms with van der Waals surface area (Å²) in [5.41, 5.74) is 3.03. The number of nitrogens with zero attached hydrogens (tertiary/aromatic N) is 2. The van der Waals surface area contributed by atoms with Crippen molar-refractivity contribution in [1.82, 2.24) is 9.97 Å². The van der Waals surface area contributed by atoms with Gasteiger partial charge in [-0.2, -0.15) is 0 Å². The van der Waals surface area contributed by atoms with Crippen molar-refractivity contribution in [3.8, 4) is 11.5 Å². The lowest BCUT2D eigenvalue weighted by molar-refractivity contribution is 0.153. The molecule has 0 aliphatic rings. The third-order valence-electron chi connectivity index (χ3n) is 7.31. The minimum Gasteiger partial charge on any atom is -0.394 e. The smallest absolute Gasteiger partial charge is 0.394 e. The minimum absolute atomic E-state index is 0.426. The van der Waals surface area contributed by atoms with Gasteiger partial charge in [0.2, 0.25) is 0 Å². The van der Waals surface area contributed by atoms with Gasteiger partial charge in [0.1, 0.15) is 11.5 Å². The van der Waals surface area contributed by atoms with E-state index in [1.165, 1.54) is 51.4 Å². The van der Waals surface area contributed by atoms with E-state index < -0.39 is 6.16 Å². The number of ether oxygens (including phenoxy) is 2. The van der Waals surface area contributed by atoms with Crippen LogP contribution in [0.4, 0.5) is 4.79 Å². The number of rotatable bonds is 16. The lowest BCUT2D eigenvalue weighted by atomic mass is 10.1. The van der Waals surface area contributed by atoms with Crippen LogP contribution in [-0.4, -0.2) is 16.1 Å². The van der Waals surface area contributed by atoms with Gasteiger partial charge in [-0.1, -0.05) is 102 Å². The number of carbonyl (C=O) groups excluding carboxylic acids is 1. The number of allylic oxidation sites excluding steroid dienone is 2. The van der Waals surface area contributed by atoms with Gasteiger partial charge in [0.25, 0.3) is 0 Å². The van der Waals surface area contributed by atoms with Crippen LogP contribution in [0.15, 0.2) is 72.8 Å². The van der Waals surface area contributed by atoms with E-state index >= 15 is 0 Å². The maximum atomic E-state index is 13.1. The summed E-state index contributed by atoms with van der Waals surface area (Å²) in [5.74, 6) is 0.851. The molecule has 0 N–H and O–H groups in total. The SMILES string of the molecule is CCCCCCC/C=C/c1cc(OC(=O)Oc2cc(/C=C/CCCCCCC)nc3ccccc23)c2ccccc2n1. The van der Waals surface area contributed by atoms with Crippen molar-refractivity contribution >= 4 is 40.1 Å². The van der Waals surface area contributed by atoms with E-state index in [4.69, 9.17) is 19.4 Å². The van der Waals surface area contributed by atoms with E-state index in [0.717, 1.165) is 58.9 Å². The van der Waals surface area contributed by atoms with E-state index in [9.17, 15) is 4.79 Å². The number of aromatic nitrogens is 2. The molecule has 0 amide bonds. The highest BCUT2D eigenvalue weighted by molar-refractivity contribution is 5.90. The fourth-order valence-corrected chi connectivity index (χ4v) is 5.01. The summed E-state index contributed by atoms with van der Waals surface area (Å²) in [6.07, 6.45) is 22.0. The number of benzene rings is 2. The average molecular weight is 565 g/mol. The zero-order valence-electron chi connectivity index (χ0n) is 25.2. The van der Waals surface area contributed by atoms with Crippen LogP contribution in [0.3, 0.4) is 0 Å². The fourth-order valence-electron chi connectivity index (χ4n) is 5.01. The highest BCUT2D eigenvalue weighted by atomic mass is 16.7. The van der Waals surface area contributed by atoms with Crippen molar-refractivity contribution < 1.29 is 14.3 Å². The van der Waals surface area contributed by atoms with Crippen LogP contribution < -0.4 is 9.47 Å². The predicted molar refractivity (Wildman–Crippen MR) is 175 cm³/mol. The molecule has 5 heteroatoms. The fraction of sp³-hybridized carbons (Fsp3) is 0.378. The molecule has 0 spiro atoms. The summed E-state index contributed by atoms with van der Waals surface area (Å²) in [6, 6.07) is 18.9. The van der Waals surface area contributed by atoms with Crippen molar-refractivity contribution in [3.63, 3.8) is 0 Å². The Morgan fingerprint density at radius 1 is 0.619 bits per heavy atom. The molecule has 5 nitrogen and oxygen atoms in total. The quantitative estimate of drug-likeness (QED) is 0.100. The summed E-state index contributed by atoms with van der Waals surface area (Å²) in [7, 11) is 0. The highest BCUT2D eigenvalue weighted by Gasteiger charge is 2.15. The first-order valence-corrected chi connectivity index (χ1v) is 15.7. The van der Waals surface area contributed by atoms with Gasteiger partial charge in [-0.15, -0.1) is 0 Å². The van der Waals surface area contributed by atoms with Crippen LogP contribution >= 0.6 is 0 Å². The monoisotopic (exact) mass is 564 g/mol. The molecule has 0 unspecified atom stereocenters. The molecular weight excluding hydrogens is 520 g/mol. The van der Waals surface area contributed by atoms with Gasteiger partial charge in [-0.25, -0.2) is 14.8 Å². The molecule has 2 heterocycles. The van der Waals surface area contributed by atoms with Gasteiger partial charge in [-0.05, 0) is 62.1 Å². The molecular formula is C37H44N2O3. The molecule has 42 heavy (non-hydrogen) atoms. The van der Waals surface area contributed by atoms with E-state index in [0.29, 0.717) is 11.5 Å². The Morgan fingerprint density at radius 3 is 1.50 bits per heavy atom. The lowest BCUT2D eigenvalue weighted by Crippen LogP contribution is -2.14. The number of pyridine rings is 2. The van der Waals surface area contributed by atoms with Crippen LogP contribution in [-0.2, 0) is 0 Å². The Balaban J connectivity index is 1.47. The lowest BCUT2D eigenvalue weighted by Gasteiger charge is -2.11. The topological polar surface area (TPSA) is 61.3 Å². The summed E-state index contributed by atoms with van der Waals surface area (Å²) < 4.78 is 11.6. The van der Waals surface area contributed by atoms with Crippen LogP contribution in [0.2, 0.25) is 0 Å². The van der Waals surface area contributed by atoms with Gasteiger partial charge in [0, 0.05) is 22.9 Å². The zero-order valence-corrected chi connectivity index (χ0v) is 25.2. The second-order valence-corrected chi connectivity index (χ2v) is 10.8. The van der Waals surface area contributed by atoms with Crippen molar-refractivity contribution in [3.05, 3.63) is 84.2 Å². The van der Waals surface area contributed by atoms with E-state index in [1.54, 1.807) is 12.1 Å². The molecule has 0 radical (unpaired) electrons. The second-order valence-electron chi connectivity index (χ2n) is 10.8. The Hall–Kier alpha value is -3.99. The maximum absolute atomic E-state index is 13.1. The third kappa shape index (κ3) is 9.54. The Bertz CT molecular complexity index is 1380. The van der Waals surface area contributed by atoms with Crippen molar-refractivity contribution in [2.45, 2.75) is 90.9 Å². The predicted octanol–water partition coefficient (Wildman–Crippen LogP) is 11.1. The summed E-state index contributed by atoms with van der Waals surface area (Å²) in [4.78, 5) is 22.6. The first-order valence-electron chi connectivity index (χ1n) is 15.7. The molecule has 0 aliphatic carbocycles. The maximum Gasteiger partial charge on any atom is 0.519 e. The van der Waals surface area contributed by atoms with Crippen LogP contribution in [0, 0.1) is 0 Å². The molecule has 0 fully saturated rings. The number of carbonyl (C=O) groups is 1. The normalized spacial score (nSPS) is 11.7. The van der Waals surface area contributed by atoms with Gasteiger partial charge in [0.15, 0.2) is 0 Å². The van der Waals surface area contributed by atoms with Crippen molar-refractivity contribution in [1.29, 1.82) is 0 Å². The number of fused-ring (bicyclic) bond motifs is 2. The molecule has 0 saturated heterocycles. The molecule has 220 valence electrons. The largest absolute Gasteiger partial charge is 0.519 e. The minimum atomic E-state index is -0.792. The Labute approximate surface area is 250 Å². The van der Waals surface area contributed by atoms with Gasteiger partial charge >= 0.3 is 6.16 Å². The molecule has 0 bridgehead atoms. The molecule has 0 saturated carbocycles. The molecule has 4 aromatic rings. The summed E-state index contributed by atoms with van der Waals surface area (Å²) in [6.45, 7) is 4.46. The van der Waals surface area contributed by atoms with Gasteiger partial charge < -0.3 is 9.47 Å². The number of unbranched alkanes of at least 4 members (excludes halogenated alkanes) is 10. The van der Waals surface area contributed by atoms with Crippen molar-refractivity contribution in [2.24, 2.45) is 0 Å². The van der Waals surface area contributed by atoms with Crippen LogP contribution in [0.5, 0.6) is 11.5 Å². The van der Waals surface area contributed by atoms with E-state index in [-0.39, 0.29) is 0 Å². The standard InChI is InChI=1S/C37H44N2O3/c1-3-5-7-9-11-13-15-21-29-27-35(31-23-17-19-25-33(31)38-29)41-37(40)42-36-28-30(22-16-14-12-10-8-6-4-2)39-34-26-20-18-24-32(34)36/h15-28H,3-14H2,1-2H3/b21-15+,22-16+. The number of para-hydroxylation sites is 2. The number of hydrogen-bond donors (Lipinski definition) is 0. The molecule has 0 aliphatic heterocycles. The highest BCUT2D eigenvalue weighted by Crippen LogP contribution is 2.29. The van der Waals surface area contributed by atoms with Crippen molar-refractivity contribution in [2.75, 3.05) is 0 Å². The third-order valence-corrected chi connectivity index (χ3v) is 7.31. The zero-order chi connectivity index (χ0) is 29.4. The molecule has 2 aromatic carbocycles. The Kier molecular flexibility index (Phi) is 12.6.